The van der Waals surface area contributed by atoms with Crippen LogP contribution in [0.3, 0.4) is 0 Å². The van der Waals surface area contributed by atoms with E-state index in [2.05, 4.69) is 48.4 Å². The lowest BCUT2D eigenvalue weighted by molar-refractivity contribution is 0.452. The molecular weight excluding hydrogens is 330 g/mol. The molecule has 0 saturated heterocycles. The van der Waals surface area contributed by atoms with Crippen LogP contribution in [0.25, 0.3) is 11.1 Å². The van der Waals surface area contributed by atoms with Gasteiger partial charge in [0.25, 0.3) is 0 Å². The first-order valence-electron chi connectivity index (χ1n) is 8.62. The van der Waals surface area contributed by atoms with Gasteiger partial charge in [-0.05, 0) is 37.8 Å². The lowest BCUT2D eigenvalue weighted by Crippen LogP contribution is -1.99. The molecule has 3 heterocycles. The monoisotopic (exact) mass is 355 g/mol. The number of thiazole rings is 1. The highest BCUT2D eigenvalue weighted by molar-refractivity contribution is 7.11. The average molecular weight is 356 g/mol. The summed E-state index contributed by atoms with van der Waals surface area (Å²) >= 11 is 1.78. The molecule has 0 radical (unpaired) electrons. The van der Waals surface area contributed by atoms with Crippen molar-refractivity contribution in [1.82, 2.24) is 15.0 Å². The van der Waals surface area contributed by atoms with Crippen molar-refractivity contribution in [2.24, 2.45) is 0 Å². The fraction of sp³-hybridized carbons (Fsp3) is 0.350. The van der Waals surface area contributed by atoms with E-state index >= 15 is 0 Å². The van der Waals surface area contributed by atoms with Crippen molar-refractivity contribution < 1.29 is 4.74 Å². The van der Waals surface area contributed by atoms with E-state index in [4.69, 9.17) is 4.74 Å². The van der Waals surface area contributed by atoms with Crippen LogP contribution in [0.15, 0.2) is 42.9 Å². The maximum absolute atomic E-state index is 5.08. The third-order valence-electron chi connectivity index (χ3n) is 3.56. The molecule has 0 N–H and O–H groups in total. The van der Waals surface area contributed by atoms with Crippen molar-refractivity contribution >= 4 is 22.5 Å². The molecule has 1 aliphatic heterocycles. The zero-order chi connectivity index (χ0) is 18.1. The number of ether oxygens (including phenoxy) is 1. The van der Waals surface area contributed by atoms with Gasteiger partial charge >= 0.3 is 0 Å². The molecule has 1 aliphatic carbocycles. The molecule has 0 fully saturated rings. The van der Waals surface area contributed by atoms with Gasteiger partial charge in [-0.3, -0.25) is 0 Å². The van der Waals surface area contributed by atoms with Gasteiger partial charge < -0.3 is 4.74 Å². The van der Waals surface area contributed by atoms with Gasteiger partial charge in [0.15, 0.2) is 0 Å². The fourth-order valence-corrected chi connectivity index (χ4v) is 3.38. The first-order valence-corrected chi connectivity index (χ1v) is 9.50. The summed E-state index contributed by atoms with van der Waals surface area (Å²) in [5.41, 5.74) is 6.32. The number of aromatic nitrogens is 3. The molecule has 2 aromatic rings. The molecule has 5 heteroatoms. The number of hydrogen-bond acceptors (Lipinski definition) is 5. The van der Waals surface area contributed by atoms with Crippen LogP contribution in [0, 0.1) is 0 Å². The molecule has 0 saturated carbocycles. The SMILES string of the molecule is C/C=C1/CCCc2ncsc21.C=C1C=COc2nccnc21.CCC. The van der Waals surface area contributed by atoms with Gasteiger partial charge in [0.2, 0.25) is 5.88 Å². The summed E-state index contributed by atoms with van der Waals surface area (Å²) in [6, 6.07) is 0. The topological polar surface area (TPSA) is 47.9 Å². The molecule has 0 unspecified atom stereocenters. The van der Waals surface area contributed by atoms with Crippen molar-refractivity contribution in [1.29, 1.82) is 0 Å². The van der Waals surface area contributed by atoms with Gasteiger partial charge in [-0.25, -0.2) is 15.0 Å². The summed E-state index contributed by atoms with van der Waals surface area (Å²) in [5.74, 6) is 0.528. The Labute approximate surface area is 154 Å². The van der Waals surface area contributed by atoms with E-state index in [1.54, 1.807) is 36.1 Å². The molecule has 0 atom stereocenters. The Balaban J connectivity index is 0.000000156. The number of nitrogens with zero attached hydrogens (tertiary/aromatic N) is 3. The molecule has 4 rings (SSSR count). The minimum Gasteiger partial charge on any atom is -0.445 e. The van der Waals surface area contributed by atoms with Gasteiger partial charge in [-0.2, -0.15) is 0 Å². The van der Waals surface area contributed by atoms with E-state index in [1.807, 2.05) is 5.51 Å². The molecule has 132 valence electrons. The number of aryl methyl sites for hydroxylation is 1. The summed E-state index contributed by atoms with van der Waals surface area (Å²) in [5, 5.41) is 0. The Morgan fingerprint density at radius 3 is 2.68 bits per heavy atom. The van der Waals surface area contributed by atoms with E-state index in [1.165, 1.54) is 41.8 Å². The quantitative estimate of drug-likeness (QED) is 0.608. The summed E-state index contributed by atoms with van der Waals surface area (Å²) in [4.78, 5) is 13.8. The zero-order valence-electron chi connectivity index (χ0n) is 15.2. The van der Waals surface area contributed by atoms with Crippen LogP contribution in [-0.2, 0) is 6.42 Å². The number of rotatable bonds is 0. The number of fused-ring (bicyclic) bond motifs is 2. The van der Waals surface area contributed by atoms with Crippen molar-refractivity contribution in [3.05, 3.63) is 59.2 Å². The van der Waals surface area contributed by atoms with Gasteiger partial charge in [0.05, 0.1) is 22.3 Å². The Bertz CT molecular complexity index is 762. The van der Waals surface area contributed by atoms with Crippen LogP contribution >= 0.6 is 11.3 Å². The van der Waals surface area contributed by atoms with Crippen LogP contribution in [0.4, 0.5) is 0 Å². The highest BCUT2D eigenvalue weighted by Gasteiger charge is 2.15. The van der Waals surface area contributed by atoms with Gasteiger partial charge in [-0.15, -0.1) is 11.3 Å². The molecular formula is C20H25N3OS. The molecule has 0 amide bonds. The van der Waals surface area contributed by atoms with Gasteiger partial charge in [0.1, 0.15) is 5.69 Å². The summed E-state index contributed by atoms with van der Waals surface area (Å²) in [6.45, 7) is 10.2. The van der Waals surface area contributed by atoms with E-state index in [-0.39, 0.29) is 0 Å². The third-order valence-corrected chi connectivity index (χ3v) is 4.50. The van der Waals surface area contributed by atoms with Crippen molar-refractivity contribution in [3.63, 3.8) is 0 Å². The smallest absolute Gasteiger partial charge is 0.245 e. The van der Waals surface area contributed by atoms with Crippen molar-refractivity contribution in [2.45, 2.75) is 46.5 Å². The zero-order valence-corrected chi connectivity index (χ0v) is 16.0. The standard InChI is InChI=1S/C9H11NS.C8H6N2O.C3H8/c1-2-7-4-3-5-8-9(7)11-6-10-8;1-6-2-5-11-8-7(6)9-3-4-10-8;1-3-2/h2,6H,3-5H2,1H3;2-5H,1H2;3H2,1-2H3/b7-2-;;. The summed E-state index contributed by atoms with van der Waals surface area (Å²) < 4.78 is 5.08. The fourth-order valence-electron chi connectivity index (χ4n) is 2.43. The molecule has 0 bridgehead atoms. The second-order valence-corrected chi connectivity index (χ2v) is 6.51. The highest BCUT2D eigenvalue weighted by Crippen LogP contribution is 2.32. The van der Waals surface area contributed by atoms with Crippen LogP contribution in [0.2, 0.25) is 0 Å². The second kappa shape index (κ2) is 9.89. The van der Waals surface area contributed by atoms with E-state index in [0.717, 1.165) is 11.3 Å². The Morgan fingerprint density at radius 2 is 1.96 bits per heavy atom. The lowest BCUT2D eigenvalue weighted by atomic mass is 9.97. The van der Waals surface area contributed by atoms with Gasteiger partial charge in [0, 0.05) is 18.0 Å². The molecule has 2 aromatic heterocycles. The van der Waals surface area contributed by atoms with E-state index in [9.17, 15) is 0 Å². The minimum atomic E-state index is 0.528. The lowest BCUT2D eigenvalue weighted by Gasteiger charge is -2.12. The van der Waals surface area contributed by atoms with Crippen LogP contribution < -0.4 is 4.74 Å². The average Bonchev–Trinajstić information content (AvgIpc) is 3.12. The Kier molecular flexibility index (Phi) is 7.54. The number of allylic oxidation sites excluding steroid dienone is 4. The Morgan fingerprint density at radius 1 is 1.20 bits per heavy atom. The highest BCUT2D eigenvalue weighted by atomic mass is 32.1. The van der Waals surface area contributed by atoms with Crippen molar-refractivity contribution in [2.75, 3.05) is 0 Å². The molecule has 2 aliphatic rings. The first kappa shape index (κ1) is 19.1. The summed E-state index contributed by atoms with van der Waals surface area (Å²) in [6.07, 6.45) is 13.7. The number of hydrogen-bond donors (Lipinski definition) is 0. The summed E-state index contributed by atoms with van der Waals surface area (Å²) in [7, 11) is 0. The molecule has 0 spiro atoms. The van der Waals surface area contributed by atoms with Crippen LogP contribution in [-0.4, -0.2) is 15.0 Å². The van der Waals surface area contributed by atoms with Crippen molar-refractivity contribution in [3.8, 4) is 5.88 Å². The molecule has 0 aromatic carbocycles. The Hall–Kier alpha value is -2.27. The van der Waals surface area contributed by atoms with E-state index < -0.39 is 0 Å². The predicted molar refractivity (Wildman–Crippen MR) is 106 cm³/mol. The van der Waals surface area contributed by atoms with Crippen LogP contribution in [0.1, 0.15) is 56.3 Å². The normalized spacial score (nSPS) is 15.8. The third kappa shape index (κ3) is 5.10. The predicted octanol–water partition coefficient (Wildman–Crippen LogP) is 5.69. The largest absolute Gasteiger partial charge is 0.445 e. The van der Waals surface area contributed by atoms with Crippen LogP contribution in [0.5, 0.6) is 5.88 Å². The minimum absolute atomic E-state index is 0.528. The molecule has 25 heavy (non-hydrogen) atoms. The van der Waals surface area contributed by atoms with Gasteiger partial charge in [-0.1, -0.05) is 32.9 Å². The maximum Gasteiger partial charge on any atom is 0.245 e. The molecule has 4 nitrogen and oxygen atoms in total. The van der Waals surface area contributed by atoms with E-state index in [0.29, 0.717) is 5.88 Å². The maximum atomic E-state index is 5.08. The first-order chi connectivity index (χ1) is 12.2. The second-order valence-electron chi connectivity index (χ2n) is 5.66.